The van der Waals surface area contributed by atoms with Crippen molar-refractivity contribution in [3.8, 4) is 16.9 Å². The first kappa shape index (κ1) is 19.7. The number of urea groups is 1. The van der Waals surface area contributed by atoms with Gasteiger partial charge in [0.1, 0.15) is 11.3 Å². The van der Waals surface area contributed by atoms with Crippen molar-refractivity contribution in [2.45, 2.75) is 0 Å². The van der Waals surface area contributed by atoms with Crippen LogP contribution in [0.25, 0.3) is 16.9 Å². The Labute approximate surface area is 177 Å². The summed E-state index contributed by atoms with van der Waals surface area (Å²) in [6.45, 7) is 0.0864. The molecule has 2 aromatic carbocycles. The average molecular weight is 425 g/mol. The molecule has 1 aromatic heterocycles. The van der Waals surface area contributed by atoms with Crippen LogP contribution in [-0.2, 0) is 9.53 Å². The molecule has 3 amide bonds. The highest BCUT2D eigenvalue weighted by atomic mass is 35.5. The van der Waals surface area contributed by atoms with E-state index in [1.54, 1.807) is 35.1 Å². The molecule has 152 valence electrons. The molecular formula is C21H17ClN4O4. The third-order valence-electron chi connectivity index (χ3n) is 4.56. The van der Waals surface area contributed by atoms with Gasteiger partial charge in [-0.3, -0.25) is 9.69 Å². The van der Waals surface area contributed by atoms with E-state index < -0.39 is 24.5 Å². The van der Waals surface area contributed by atoms with Gasteiger partial charge < -0.3 is 10.1 Å². The second kappa shape index (κ2) is 8.38. The number of amides is 3. The van der Waals surface area contributed by atoms with Crippen LogP contribution in [0.2, 0.25) is 5.02 Å². The van der Waals surface area contributed by atoms with Gasteiger partial charge in [-0.05, 0) is 24.3 Å². The first-order valence-corrected chi connectivity index (χ1v) is 9.57. The Morgan fingerprint density at radius 2 is 1.83 bits per heavy atom. The molecule has 8 nitrogen and oxygen atoms in total. The minimum absolute atomic E-state index is 0.194. The van der Waals surface area contributed by atoms with E-state index in [4.69, 9.17) is 16.3 Å². The summed E-state index contributed by atoms with van der Waals surface area (Å²) in [6, 6.07) is 15.7. The molecule has 30 heavy (non-hydrogen) atoms. The molecule has 0 saturated carbocycles. The highest BCUT2D eigenvalue weighted by Gasteiger charge is 2.28. The second-order valence-electron chi connectivity index (χ2n) is 6.53. The highest BCUT2D eigenvalue weighted by Crippen LogP contribution is 2.26. The zero-order chi connectivity index (χ0) is 21.1. The summed E-state index contributed by atoms with van der Waals surface area (Å²) in [5.74, 6) is -1.29. The smallest absolute Gasteiger partial charge is 0.342 e. The number of rotatable bonds is 5. The number of aromatic nitrogens is 2. The maximum Gasteiger partial charge on any atom is 0.342 e. The van der Waals surface area contributed by atoms with Gasteiger partial charge in [-0.25, -0.2) is 14.3 Å². The predicted octanol–water partition coefficient (Wildman–Crippen LogP) is 2.90. The summed E-state index contributed by atoms with van der Waals surface area (Å²) in [4.78, 5) is 37.5. The molecule has 0 radical (unpaired) electrons. The van der Waals surface area contributed by atoms with Crippen molar-refractivity contribution in [2.75, 3.05) is 19.7 Å². The SMILES string of the molecule is O=C(OCC(=O)N1CCNC1=O)c1cn(-c2ccccc2)nc1-c1ccc(Cl)cc1. The zero-order valence-electron chi connectivity index (χ0n) is 15.7. The molecule has 3 aromatic rings. The fourth-order valence-corrected chi connectivity index (χ4v) is 3.18. The van der Waals surface area contributed by atoms with E-state index in [9.17, 15) is 14.4 Å². The number of benzene rings is 2. The maximum absolute atomic E-state index is 12.8. The summed E-state index contributed by atoms with van der Waals surface area (Å²) in [7, 11) is 0. The first-order valence-electron chi connectivity index (χ1n) is 9.19. The number of esters is 1. The van der Waals surface area contributed by atoms with Crippen LogP contribution in [0.4, 0.5) is 4.79 Å². The van der Waals surface area contributed by atoms with E-state index in [2.05, 4.69) is 10.4 Å². The van der Waals surface area contributed by atoms with Gasteiger partial charge in [0.15, 0.2) is 6.61 Å². The number of ether oxygens (including phenoxy) is 1. The van der Waals surface area contributed by atoms with Crippen molar-refractivity contribution in [1.82, 2.24) is 20.0 Å². The molecule has 1 fully saturated rings. The van der Waals surface area contributed by atoms with Gasteiger partial charge in [0.05, 0.1) is 5.69 Å². The van der Waals surface area contributed by atoms with Gasteiger partial charge in [0.25, 0.3) is 5.91 Å². The molecule has 9 heteroatoms. The third-order valence-corrected chi connectivity index (χ3v) is 4.81. The minimum atomic E-state index is -0.713. The minimum Gasteiger partial charge on any atom is -0.452 e. The lowest BCUT2D eigenvalue weighted by Gasteiger charge is -2.12. The lowest BCUT2D eigenvalue weighted by Crippen LogP contribution is -2.37. The molecule has 1 N–H and O–H groups in total. The Morgan fingerprint density at radius 3 is 2.50 bits per heavy atom. The average Bonchev–Trinajstić information content (AvgIpc) is 3.40. The van der Waals surface area contributed by atoms with Gasteiger partial charge in [0, 0.05) is 29.9 Å². The quantitative estimate of drug-likeness (QED) is 0.635. The Kier molecular flexibility index (Phi) is 5.49. The summed E-state index contributed by atoms with van der Waals surface area (Å²) in [5, 5.41) is 7.61. The van der Waals surface area contributed by atoms with E-state index in [0.717, 1.165) is 10.6 Å². The van der Waals surface area contributed by atoms with E-state index in [1.807, 2.05) is 30.3 Å². The monoisotopic (exact) mass is 424 g/mol. The van der Waals surface area contributed by atoms with Crippen molar-refractivity contribution < 1.29 is 19.1 Å². The standard InChI is InChI=1S/C21H17ClN4O4/c22-15-8-6-14(7-9-15)19-17(12-26(24-19)16-4-2-1-3-5-16)20(28)30-13-18(27)25-11-10-23-21(25)29/h1-9,12H,10-11,13H2,(H,23,29). The number of hydrogen-bond acceptors (Lipinski definition) is 5. The summed E-state index contributed by atoms with van der Waals surface area (Å²) in [5.41, 5.74) is 2.02. The van der Waals surface area contributed by atoms with Gasteiger partial charge in [0.2, 0.25) is 0 Å². The Morgan fingerprint density at radius 1 is 1.10 bits per heavy atom. The number of carbonyl (C=O) groups is 3. The third kappa shape index (κ3) is 4.04. The van der Waals surface area contributed by atoms with Gasteiger partial charge in [-0.15, -0.1) is 0 Å². The van der Waals surface area contributed by atoms with Crippen LogP contribution in [0.15, 0.2) is 60.8 Å². The van der Waals surface area contributed by atoms with Crippen LogP contribution in [0, 0.1) is 0 Å². The lowest BCUT2D eigenvalue weighted by molar-refractivity contribution is -0.130. The van der Waals surface area contributed by atoms with Crippen molar-refractivity contribution in [3.63, 3.8) is 0 Å². The van der Waals surface area contributed by atoms with Gasteiger partial charge in [-0.1, -0.05) is 41.9 Å². The first-order chi connectivity index (χ1) is 14.5. The fourth-order valence-electron chi connectivity index (χ4n) is 3.05. The van der Waals surface area contributed by atoms with Crippen molar-refractivity contribution in [3.05, 3.63) is 71.4 Å². The largest absolute Gasteiger partial charge is 0.452 e. The highest BCUT2D eigenvalue weighted by molar-refractivity contribution is 6.30. The van der Waals surface area contributed by atoms with Crippen LogP contribution >= 0.6 is 11.6 Å². The fraction of sp³-hybridized carbons (Fsp3) is 0.143. The molecule has 2 heterocycles. The van der Waals surface area contributed by atoms with Crippen molar-refractivity contribution >= 4 is 29.5 Å². The van der Waals surface area contributed by atoms with E-state index in [1.165, 1.54) is 0 Å². The van der Waals surface area contributed by atoms with Crippen LogP contribution < -0.4 is 5.32 Å². The number of hydrogen-bond donors (Lipinski definition) is 1. The van der Waals surface area contributed by atoms with Gasteiger partial charge >= 0.3 is 12.0 Å². The van der Waals surface area contributed by atoms with Crippen molar-refractivity contribution in [1.29, 1.82) is 0 Å². The molecule has 4 rings (SSSR count). The zero-order valence-corrected chi connectivity index (χ0v) is 16.5. The van der Waals surface area contributed by atoms with Crippen LogP contribution in [0.1, 0.15) is 10.4 Å². The molecule has 0 bridgehead atoms. The molecule has 1 aliphatic heterocycles. The molecule has 0 spiro atoms. The van der Waals surface area contributed by atoms with Crippen LogP contribution in [-0.4, -0.2) is 52.3 Å². The molecule has 1 aliphatic rings. The molecule has 1 saturated heterocycles. The number of carbonyl (C=O) groups excluding carboxylic acids is 3. The number of nitrogens with one attached hydrogen (secondary N) is 1. The molecule has 0 unspecified atom stereocenters. The number of imide groups is 1. The maximum atomic E-state index is 12.8. The molecule has 0 aliphatic carbocycles. The lowest BCUT2D eigenvalue weighted by atomic mass is 10.1. The predicted molar refractivity (Wildman–Crippen MR) is 109 cm³/mol. The normalized spacial score (nSPS) is 13.2. The van der Waals surface area contributed by atoms with Crippen LogP contribution in [0.5, 0.6) is 0 Å². The van der Waals surface area contributed by atoms with Gasteiger partial charge in [-0.2, -0.15) is 5.10 Å². The Bertz CT molecular complexity index is 1100. The van der Waals surface area contributed by atoms with E-state index in [-0.39, 0.29) is 12.1 Å². The number of nitrogens with zero attached hydrogens (tertiary/aromatic N) is 3. The topological polar surface area (TPSA) is 93.5 Å². The van der Waals surface area contributed by atoms with E-state index in [0.29, 0.717) is 22.8 Å². The number of para-hydroxylation sites is 1. The Hall–Kier alpha value is -3.65. The molecular weight excluding hydrogens is 408 g/mol. The van der Waals surface area contributed by atoms with E-state index >= 15 is 0 Å². The Balaban J connectivity index is 1.61. The van der Waals surface area contributed by atoms with Crippen molar-refractivity contribution in [2.24, 2.45) is 0 Å². The van der Waals surface area contributed by atoms with Crippen LogP contribution in [0.3, 0.4) is 0 Å². The number of halogens is 1. The summed E-state index contributed by atoms with van der Waals surface area (Å²) in [6.07, 6.45) is 1.55. The summed E-state index contributed by atoms with van der Waals surface area (Å²) >= 11 is 5.97. The summed E-state index contributed by atoms with van der Waals surface area (Å²) < 4.78 is 6.76. The second-order valence-corrected chi connectivity index (χ2v) is 6.97. The molecule has 0 atom stereocenters.